The lowest BCUT2D eigenvalue weighted by Gasteiger charge is -2.29. The third-order valence-electron chi connectivity index (χ3n) is 4.66. The summed E-state index contributed by atoms with van der Waals surface area (Å²) in [5.41, 5.74) is 7.34. The van der Waals surface area contributed by atoms with Crippen LogP contribution in [0.3, 0.4) is 0 Å². The van der Waals surface area contributed by atoms with Gasteiger partial charge < -0.3 is 16.0 Å². The van der Waals surface area contributed by atoms with Crippen molar-refractivity contribution >= 4 is 51.9 Å². The third-order valence-corrected chi connectivity index (χ3v) is 6.27. The molecule has 0 radical (unpaired) electrons. The zero-order valence-corrected chi connectivity index (χ0v) is 17.9. The van der Waals surface area contributed by atoms with Crippen molar-refractivity contribution in [2.24, 2.45) is 5.73 Å². The molecule has 2 aromatic rings. The smallest absolute Gasteiger partial charge is 0.248 e. The molecule has 1 unspecified atom stereocenters. The van der Waals surface area contributed by atoms with E-state index >= 15 is 0 Å². The van der Waals surface area contributed by atoms with Crippen LogP contribution in [0.4, 0.5) is 11.4 Å². The standard InChI is InChI=1S/C19H23N3O3S.2ClH/c1-19(20,15-6-3-2-4-7-15)18(23)21-16-8-5-9-17(14-16)22-10-12-26(24,25)13-11-22;;/h2-9,14H,10-13,20H2,1H3,(H,21,23);2*1H. The lowest BCUT2D eigenvalue weighted by molar-refractivity contribution is -0.120. The van der Waals surface area contributed by atoms with Crippen LogP contribution in [0.2, 0.25) is 0 Å². The van der Waals surface area contributed by atoms with Crippen molar-refractivity contribution in [2.75, 3.05) is 34.8 Å². The van der Waals surface area contributed by atoms with Gasteiger partial charge in [0, 0.05) is 24.5 Å². The first-order valence-corrected chi connectivity index (χ1v) is 10.3. The molecule has 0 spiro atoms. The van der Waals surface area contributed by atoms with Gasteiger partial charge in [0.15, 0.2) is 9.84 Å². The first kappa shape index (κ1) is 24.2. The van der Waals surface area contributed by atoms with Crippen LogP contribution in [0.5, 0.6) is 0 Å². The summed E-state index contributed by atoms with van der Waals surface area (Å²) in [6.07, 6.45) is 0. The van der Waals surface area contributed by atoms with E-state index in [1.165, 1.54) is 0 Å². The van der Waals surface area contributed by atoms with Crippen molar-refractivity contribution in [1.29, 1.82) is 0 Å². The van der Waals surface area contributed by atoms with Gasteiger partial charge in [-0.2, -0.15) is 0 Å². The van der Waals surface area contributed by atoms with Crippen LogP contribution in [-0.2, 0) is 20.2 Å². The summed E-state index contributed by atoms with van der Waals surface area (Å²) in [4.78, 5) is 14.7. The van der Waals surface area contributed by atoms with Gasteiger partial charge in [0.2, 0.25) is 5.91 Å². The second-order valence-electron chi connectivity index (χ2n) is 6.71. The molecule has 1 heterocycles. The van der Waals surface area contributed by atoms with Gasteiger partial charge in [0.25, 0.3) is 0 Å². The van der Waals surface area contributed by atoms with Crippen molar-refractivity contribution in [3.05, 3.63) is 60.2 Å². The molecular weight excluding hydrogens is 421 g/mol. The van der Waals surface area contributed by atoms with Crippen molar-refractivity contribution in [3.8, 4) is 0 Å². The first-order chi connectivity index (χ1) is 12.3. The zero-order chi connectivity index (χ0) is 18.8. The van der Waals surface area contributed by atoms with E-state index in [9.17, 15) is 13.2 Å². The number of nitrogens with one attached hydrogen (secondary N) is 1. The maximum atomic E-state index is 12.7. The molecule has 1 fully saturated rings. The second kappa shape index (κ2) is 9.60. The molecule has 0 bridgehead atoms. The quantitative estimate of drug-likeness (QED) is 0.753. The van der Waals surface area contributed by atoms with Crippen LogP contribution in [-0.4, -0.2) is 38.9 Å². The molecule has 1 atom stereocenters. The van der Waals surface area contributed by atoms with E-state index in [0.29, 0.717) is 18.8 Å². The molecule has 3 rings (SSSR count). The fourth-order valence-corrected chi connectivity index (χ4v) is 4.13. The topological polar surface area (TPSA) is 92.5 Å². The van der Waals surface area contributed by atoms with Gasteiger partial charge in [-0.1, -0.05) is 36.4 Å². The highest BCUT2D eigenvalue weighted by Gasteiger charge is 2.30. The number of hydrogen-bond donors (Lipinski definition) is 2. The normalized spacial score (nSPS) is 17.4. The van der Waals surface area contributed by atoms with Crippen LogP contribution >= 0.6 is 24.8 Å². The Morgan fingerprint density at radius 2 is 1.64 bits per heavy atom. The van der Waals surface area contributed by atoms with Gasteiger partial charge in [-0.15, -0.1) is 24.8 Å². The number of hydrogen-bond acceptors (Lipinski definition) is 5. The number of rotatable bonds is 4. The molecule has 154 valence electrons. The van der Waals surface area contributed by atoms with E-state index in [-0.39, 0.29) is 42.2 Å². The molecular formula is C19H25Cl2N3O3S. The van der Waals surface area contributed by atoms with Gasteiger partial charge >= 0.3 is 0 Å². The fourth-order valence-electron chi connectivity index (χ4n) is 2.93. The molecule has 1 saturated heterocycles. The van der Waals surface area contributed by atoms with Crippen LogP contribution in [0.15, 0.2) is 54.6 Å². The van der Waals surface area contributed by atoms with E-state index in [0.717, 1.165) is 11.3 Å². The fraction of sp³-hybridized carbons (Fsp3) is 0.316. The van der Waals surface area contributed by atoms with Gasteiger partial charge in [0.05, 0.1) is 11.5 Å². The first-order valence-electron chi connectivity index (χ1n) is 8.49. The van der Waals surface area contributed by atoms with Crippen LogP contribution < -0.4 is 16.0 Å². The van der Waals surface area contributed by atoms with Crippen molar-refractivity contribution in [2.45, 2.75) is 12.5 Å². The lowest BCUT2D eigenvalue weighted by atomic mass is 9.92. The molecule has 2 aromatic carbocycles. The maximum Gasteiger partial charge on any atom is 0.248 e. The summed E-state index contributed by atoms with van der Waals surface area (Å²) in [6.45, 7) is 2.59. The number of carbonyl (C=O) groups excluding carboxylic acids is 1. The largest absolute Gasteiger partial charge is 0.369 e. The minimum atomic E-state index is -2.93. The van der Waals surface area contributed by atoms with E-state index in [2.05, 4.69) is 5.32 Å². The Balaban J connectivity index is 0.00000196. The summed E-state index contributed by atoms with van der Waals surface area (Å²) < 4.78 is 23.2. The van der Waals surface area contributed by atoms with E-state index in [4.69, 9.17) is 5.73 Å². The number of halogens is 2. The Bertz CT molecular complexity index is 892. The number of anilines is 2. The molecule has 28 heavy (non-hydrogen) atoms. The predicted molar refractivity (Wildman–Crippen MR) is 118 cm³/mol. The molecule has 0 aromatic heterocycles. The number of benzene rings is 2. The highest BCUT2D eigenvalue weighted by molar-refractivity contribution is 7.91. The predicted octanol–water partition coefficient (Wildman–Crippen LogP) is 2.58. The molecule has 1 aliphatic heterocycles. The highest BCUT2D eigenvalue weighted by Crippen LogP contribution is 2.24. The Labute approximate surface area is 178 Å². The molecule has 6 nitrogen and oxygen atoms in total. The summed E-state index contributed by atoms with van der Waals surface area (Å²) in [5, 5.41) is 2.87. The van der Waals surface area contributed by atoms with Gasteiger partial charge in [-0.05, 0) is 30.7 Å². The van der Waals surface area contributed by atoms with Crippen molar-refractivity contribution in [3.63, 3.8) is 0 Å². The molecule has 9 heteroatoms. The summed E-state index contributed by atoms with van der Waals surface area (Å²) >= 11 is 0. The molecule has 0 saturated carbocycles. The third kappa shape index (κ3) is 5.61. The van der Waals surface area contributed by atoms with E-state index in [1.807, 2.05) is 53.4 Å². The van der Waals surface area contributed by atoms with Gasteiger partial charge in [-0.25, -0.2) is 8.42 Å². The van der Waals surface area contributed by atoms with Crippen molar-refractivity contribution in [1.82, 2.24) is 0 Å². The lowest BCUT2D eigenvalue weighted by Crippen LogP contribution is -2.45. The number of nitrogens with zero attached hydrogens (tertiary/aromatic N) is 1. The molecule has 1 amide bonds. The minimum absolute atomic E-state index is 0. The maximum absolute atomic E-state index is 12.7. The van der Waals surface area contributed by atoms with Crippen LogP contribution in [0, 0.1) is 0 Å². The van der Waals surface area contributed by atoms with Gasteiger partial charge in [-0.3, -0.25) is 4.79 Å². The minimum Gasteiger partial charge on any atom is -0.369 e. The number of amides is 1. The Morgan fingerprint density at radius 1 is 1.04 bits per heavy atom. The molecule has 0 aliphatic carbocycles. The van der Waals surface area contributed by atoms with Crippen LogP contribution in [0.25, 0.3) is 0 Å². The zero-order valence-electron chi connectivity index (χ0n) is 15.5. The van der Waals surface area contributed by atoms with Crippen LogP contribution in [0.1, 0.15) is 12.5 Å². The summed E-state index contributed by atoms with van der Waals surface area (Å²) in [5.74, 6) is -0.00113. The highest BCUT2D eigenvalue weighted by atomic mass is 35.5. The number of carbonyl (C=O) groups is 1. The van der Waals surface area contributed by atoms with Crippen molar-refractivity contribution < 1.29 is 13.2 Å². The second-order valence-corrected chi connectivity index (χ2v) is 9.02. The molecule has 1 aliphatic rings. The summed E-state index contributed by atoms with van der Waals surface area (Å²) in [6, 6.07) is 16.6. The Hall–Kier alpha value is -1.80. The Morgan fingerprint density at radius 3 is 2.25 bits per heavy atom. The average Bonchev–Trinajstić information content (AvgIpc) is 2.62. The number of nitrogens with two attached hydrogens (primary N) is 1. The number of sulfone groups is 1. The average molecular weight is 446 g/mol. The van der Waals surface area contributed by atoms with E-state index < -0.39 is 15.4 Å². The monoisotopic (exact) mass is 445 g/mol. The Kier molecular flexibility index (Phi) is 8.31. The SMILES string of the molecule is CC(N)(C(=O)Nc1cccc(N2CCS(=O)(=O)CC2)c1)c1ccccc1.Cl.Cl. The summed E-state index contributed by atoms with van der Waals surface area (Å²) in [7, 11) is -2.93. The molecule has 3 N–H and O–H groups in total. The van der Waals surface area contributed by atoms with Gasteiger partial charge in [0.1, 0.15) is 5.54 Å². The van der Waals surface area contributed by atoms with E-state index in [1.54, 1.807) is 13.0 Å².